The quantitative estimate of drug-likeness (QED) is 0.255. The van der Waals surface area contributed by atoms with Crippen LogP contribution in [0.5, 0.6) is 5.75 Å². The molecule has 4 N–H and O–H groups in total. The van der Waals surface area contributed by atoms with Gasteiger partial charge in [0.25, 0.3) is 5.91 Å². The maximum Gasteiger partial charge on any atom is 0.255 e. The van der Waals surface area contributed by atoms with E-state index < -0.39 is 6.04 Å². The number of para-hydroxylation sites is 2. The van der Waals surface area contributed by atoms with E-state index in [1.165, 1.54) is 0 Å². The van der Waals surface area contributed by atoms with E-state index in [1.807, 2.05) is 54.6 Å². The van der Waals surface area contributed by atoms with Gasteiger partial charge in [-0.25, -0.2) is 0 Å². The maximum absolute atomic E-state index is 13.0. The highest BCUT2D eigenvalue weighted by molar-refractivity contribution is 6.05. The standard InChI is InChI=1S/C32H30N4O4/c33-27-8-4-5-9-28(27)35-31(38)24-12-10-23(11-13-24)21-40-26-16-14-25(15-17-26)34-32(39)29-18-19-30(37)36(29)20-22-6-2-1-3-7-22/h1-17,29H,18-21,33H2,(H,34,39)(H,35,38)/t29-/m0/s1. The summed E-state index contributed by atoms with van der Waals surface area (Å²) >= 11 is 0. The van der Waals surface area contributed by atoms with Crippen LogP contribution in [-0.4, -0.2) is 28.7 Å². The van der Waals surface area contributed by atoms with E-state index in [4.69, 9.17) is 10.5 Å². The summed E-state index contributed by atoms with van der Waals surface area (Å²) in [5, 5.41) is 5.74. The molecule has 3 amide bonds. The van der Waals surface area contributed by atoms with Crippen LogP contribution in [0.3, 0.4) is 0 Å². The minimum absolute atomic E-state index is 0.0118. The summed E-state index contributed by atoms with van der Waals surface area (Å²) in [6.45, 7) is 0.732. The first-order chi connectivity index (χ1) is 19.5. The number of nitrogens with zero attached hydrogens (tertiary/aromatic N) is 1. The zero-order valence-electron chi connectivity index (χ0n) is 21.9. The van der Waals surface area contributed by atoms with Gasteiger partial charge in [0, 0.05) is 24.2 Å². The number of nitrogens with one attached hydrogen (secondary N) is 2. The molecule has 0 spiro atoms. The van der Waals surface area contributed by atoms with E-state index in [2.05, 4.69) is 10.6 Å². The molecule has 5 rings (SSSR count). The number of benzene rings is 4. The molecule has 0 aromatic heterocycles. The first-order valence-corrected chi connectivity index (χ1v) is 13.1. The Labute approximate surface area is 232 Å². The van der Waals surface area contributed by atoms with E-state index >= 15 is 0 Å². The summed E-state index contributed by atoms with van der Waals surface area (Å²) in [6.07, 6.45) is 0.866. The summed E-state index contributed by atoms with van der Waals surface area (Å²) in [7, 11) is 0. The van der Waals surface area contributed by atoms with Crippen LogP contribution in [0.4, 0.5) is 17.1 Å². The fourth-order valence-corrected chi connectivity index (χ4v) is 4.57. The van der Waals surface area contributed by atoms with Crippen LogP contribution < -0.4 is 21.1 Å². The fourth-order valence-electron chi connectivity index (χ4n) is 4.57. The Bertz CT molecular complexity index is 1490. The van der Waals surface area contributed by atoms with E-state index in [-0.39, 0.29) is 17.7 Å². The number of nitrogen functional groups attached to an aromatic ring is 1. The smallest absolute Gasteiger partial charge is 0.255 e. The predicted octanol–water partition coefficient (Wildman–Crippen LogP) is 5.23. The molecule has 40 heavy (non-hydrogen) atoms. The lowest BCUT2D eigenvalue weighted by Gasteiger charge is -2.24. The Balaban J connectivity index is 1.12. The van der Waals surface area contributed by atoms with Crippen LogP contribution in [0, 0.1) is 0 Å². The molecule has 8 heteroatoms. The van der Waals surface area contributed by atoms with Crippen LogP contribution in [0.25, 0.3) is 0 Å². The molecule has 1 atom stereocenters. The highest BCUT2D eigenvalue weighted by Crippen LogP contribution is 2.24. The van der Waals surface area contributed by atoms with E-state index in [0.29, 0.717) is 54.4 Å². The van der Waals surface area contributed by atoms with Crippen molar-refractivity contribution in [3.05, 3.63) is 120 Å². The first-order valence-electron chi connectivity index (χ1n) is 13.1. The molecular weight excluding hydrogens is 504 g/mol. The SMILES string of the molecule is Nc1ccccc1NC(=O)c1ccc(COc2ccc(NC(=O)[C@@H]3CCC(=O)N3Cc3ccccc3)cc2)cc1. The Hall–Kier alpha value is -5.11. The number of amides is 3. The second-order valence-corrected chi connectivity index (χ2v) is 9.60. The zero-order chi connectivity index (χ0) is 27.9. The highest BCUT2D eigenvalue weighted by atomic mass is 16.5. The van der Waals surface area contributed by atoms with Crippen molar-refractivity contribution in [1.29, 1.82) is 0 Å². The molecule has 8 nitrogen and oxygen atoms in total. The average Bonchev–Trinajstić information content (AvgIpc) is 3.34. The van der Waals surface area contributed by atoms with Crippen LogP contribution >= 0.6 is 0 Å². The van der Waals surface area contributed by atoms with Crippen LogP contribution in [0.15, 0.2) is 103 Å². The molecule has 4 aromatic rings. The minimum atomic E-state index is -0.501. The van der Waals surface area contributed by atoms with Crippen molar-refractivity contribution in [2.24, 2.45) is 0 Å². The Kier molecular flexibility index (Phi) is 8.06. The van der Waals surface area contributed by atoms with Gasteiger partial charge in [0.05, 0.1) is 11.4 Å². The highest BCUT2D eigenvalue weighted by Gasteiger charge is 2.35. The summed E-state index contributed by atoms with van der Waals surface area (Å²) < 4.78 is 5.88. The third-order valence-corrected chi connectivity index (χ3v) is 6.78. The Morgan fingerprint density at radius 1 is 0.825 bits per heavy atom. The van der Waals surface area contributed by atoms with Crippen LogP contribution in [-0.2, 0) is 22.7 Å². The molecule has 202 valence electrons. The van der Waals surface area contributed by atoms with E-state index in [0.717, 1.165) is 11.1 Å². The van der Waals surface area contributed by atoms with Crippen molar-refractivity contribution in [2.75, 3.05) is 16.4 Å². The molecule has 1 saturated heterocycles. The molecular formula is C32H30N4O4. The van der Waals surface area contributed by atoms with Gasteiger partial charge in [0.15, 0.2) is 0 Å². The first kappa shape index (κ1) is 26.5. The summed E-state index contributed by atoms with van der Waals surface area (Å²) in [4.78, 5) is 39.6. The molecule has 1 aliphatic rings. The van der Waals surface area contributed by atoms with Crippen molar-refractivity contribution in [1.82, 2.24) is 4.90 Å². The normalized spacial score (nSPS) is 14.6. The van der Waals surface area contributed by atoms with E-state index in [1.54, 1.807) is 53.4 Å². The molecule has 0 saturated carbocycles. The van der Waals surface area contributed by atoms with Gasteiger partial charge in [-0.2, -0.15) is 0 Å². The number of likely N-dealkylation sites (tertiary alicyclic amines) is 1. The number of hydrogen-bond donors (Lipinski definition) is 3. The molecule has 0 unspecified atom stereocenters. The van der Waals surface area contributed by atoms with E-state index in [9.17, 15) is 14.4 Å². The predicted molar refractivity (Wildman–Crippen MR) is 155 cm³/mol. The number of ether oxygens (including phenoxy) is 1. The van der Waals surface area contributed by atoms with Crippen molar-refractivity contribution in [2.45, 2.75) is 32.0 Å². The topological polar surface area (TPSA) is 114 Å². The van der Waals surface area contributed by atoms with Gasteiger partial charge in [0.2, 0.25) is 11.8 Å². The van der Waals surface area contributed by atoms with Gasteiger partial charge in [-0.05, 0) is 66.1 Å². The lowest BCUT2D eigenvalue weighted by atomic mass is 10.1. The molecule has 1 fully saturated rings. The molecule has 1 aliphatic heterocycles. The number of rotatable bonds is 9. The lowest BCUT2D eigenvalue weighted by Crippen LogP contribution is -2.41. The van der Waals surface area contributed by atoms with Crippen LogP contribution in [0.1, 0.15) is 34.3 Å². The second-order valence-electron chi connectivity index (χ2n) is 9.60. The van der Waals surface area contributed by atoms with Gasteiger partial charge < -0.3 is 26.0 Å². The van der Waals surface area contributed by atoms with Gasteiger partial charge in [-0.15, -0.1) is 0 Å². The van der Waals surface area contributed by atoms with Crippen molar-refractivity contribution >= 4 is 34.8 Å². The summed E-state index contributed by atoms with van der Waals surface area (Å²) in [5.41, 5.74) is 10.0. The molecule has 0 bridgehead atoms. The molecule has 0 radical (unpaired) electrons. The molecule has 1 heterocycles. The van der Waals surface area contributed by atoms with Crippen LogP contribution in [0.2, 0.25) is 0 Å². The Morgan fingerprint density at radius 3 is 2.25 bits per heavy atom. The lowest BCUT2D eigenvalue weighted by molar-refractivity contribution is -0.133. The largest absolute Gasteiger partial charge is 0.489 e. The van der Waals surface area contributed by atoms with Crippen molar-refractivity contribution in [3.63, 3.8) is 0 Å². The molecule has 0 aliphatic carbocycles. The number of carbonyl (C=O) groups excluding carboxylic acids is 3. The third-order valence-electron chi connectivity index (χ3n) is 6.78. The summed E-state index contributed by atoms with van der Waals surface area (Å²) in [5.74, 6) is 0.186. The second kappa shape index (κ2) is 12.2. The average molecular weight is 535 g/mol. The minimum Gasteiger partial charge on any atom is -0.489 e. The van der Waals surface area contributed by atoms with Gasteiger partial charge in [-0.3, -0.25) is 14.4 Å². The number of carbonyl (C=O) groups is 3. The van der Waals surface area contributed by atoms with Crippen molar-refractivity contribution < 1.29 is 19.1 Å². The monoisotopic (exact) mass is 534 g/mol. The molecule has 4 aromatic carbocycles. The number of anilines is 3. The number of hydrogen-bond acceptors (Lipinski definition) is 5. The summed E-state index contributed by atoms with van der Waals surface area (Å²) in [6, 6.07) is 30.5. The Morgan fingerprint density at radius 2 is 1.52 bits per heavy atom. The van der Waals surface area contributed by atoms with Gasteiger partial charge in [0.1, 0.15) is 18.4 Å². The number of nitrogens with two attached hydrogens (primary N) is 1. The fraction of sp³-hybridized carbons (Fsp3) is 0.156. The zero-order valence-corrected chi connectivity index (χ0v) is 21.9. The van der Waals surface area contributed by atoms with Gasteiger partial charge >= 0.3 is 0 Å². The van der Waals surface area contributed by atoms with Gasteiger partial charge in [-0.1, -0.05) is 54.6 Å². The third kappa shape index (κ3) is 6.47. The van der Waals surface area contributed by atoms with Crippen molar-refractivity contribution in [3.8, 4) is 5.75 Å². The maximum atomic E-state index is 13.0.